The average Bonchev–Trinajstić information content (AvgIpc) is 3.49. The van der Waals surface area contributed by atoms with Crippen molar-refractivity contribution in [2.75, 3.05) is 6.61 Å². The molecule has 0 amide bonds. The largest absolute Gasteiger partial charge is 0.504 e. The fourth-order valence-electron chi connectivity index (χ4n) is 5.50. The van der Waals surface area contributed by atoms with Crippen LogP contribution in [-0.4, -0.2) is 125 Å². The Morgan fingerprint density at radius 3 is 2.27 bits per heavy atom. The number of rotatable bonds is 9. The van der Waals surface area contributed by atoms with Crippen LogP contribution in [0.25, 0.3) is 6.08 Å². The summed E-state index contributed by atoms with van der Waals surface area (Å²) in [5.74, 6) is -12.8. The lowest BCUT2D eigenvalue weighted by Gasteiger charge is -2.39. The van der Waals surface area contributed by atoms with Crippen LogP contribution in [-0.2, 0) is 38.1 Å². The lowest BCUT2D eigenvalue weighted by atomic mass is 9.80. The molecule has 9 N–H and O–H groups in total. The van der Waals surface area contributed by atoms with Crippen LogP contribution in [0.2, 0.25) is 0 Å². The molecule has 8 atom stereocenters. The van der Waals surface area contributed by atoms with E-state index in [-0.39, 0.29) is 11.1 Å². The summed E-state index contributed by atoms with van der Waals surface area (Å²) in [6.07, 6.45) is -10.6. The molecule has 0 radical (unpaired) electrons. The molecule has 8 unspecified atom stereocenters. The third kappa shape index (κ3) is 5.86. The first-order chi connectivity index (χ1) is 22.5. The summed E-state index contributed by atoms with van der Waals surface area (Å²) in [5, 5.41) is 90.1. The maximum atomic E-state index is 13.0. The van der Waals surface area contributed by atoms with Crippen molar-refractivity contribution in [3.63, 3.8) is 0 Å². The van der Waals surface area contributed by atoms with Gasteiger partial charge in [0, 0.05) is 11.6 Å². The Bertz CT molecular complexity index is 1720. The van der Waals surface area contributed by atoms with Crippen molar-refractivity contribution < 1.29 is 93.6 Å². The van der Waals surface area contributed by atoms with E-state index in [4.69, 9.17) is 23.7 Å². The molecule has 48 heavy (non-hydrogen) atoms. The minimum atomic E-state index is -2.46. The quantitative estimate of drug-likeness (QED) is 0.0626. The topological polar surface area (TPSA) is 314 Å². The number of hydrogen-bond donors (Lipinski definition) is 9. The number of carboxylic acid groups (broad SMARTS) is 2. The lowest BCUT2D eigenvalue weighted by Crippen LogP contribution is -2.59. The van der Waals surface area contributed by atoms with Gasteiger partial charge >= 0.3 is 29.8 Å². The lowest BCUT2D eigenvalue weighted by molar-refractivity contribution is -0.290. The predicted octanol–water partition coefficient (Wildman–Crippen LogP) is -1.57. The molecule has 2 saturated heterocycles. The van der Waals surface area contributed by atoms with E-state index in [9.17, 15) is 69.9 Å². The van der Waals surface area contributed by atoms with Gasteiger partial charge in [-0.1, -0.05) is 6.07 Å². The van der Waals surface area contributed by atoms with Crippen molar-refractivity contribution in [3.05, 3.63) is 47.0 Å². The van der Waals surface area contributed by atoms with Gasteiger partial charge in [-0.3, -0.25) is 4.79 Å². The average molecular weight is 679 g/mol. The summed E-state index contributed by atoms with van der Waals surface area (Å²) in [6, 6.07) is 4.41. The number of carboxylic acids is 2. The molecule has 3 aliphatic rings. The smallest absolute Gasteiger partial charge is 0.352 e. The number of aliphatic hydroxyl groups excluding tert-OH is 3. The van der Waals surface area contributed by atoms with E-state index in [2.05, 4.69) is 0 Å². The third-order valence-corrected chi connectivity index (χ3v) is 7.83. The van der Waals surface area contributed by atoms with E-state index in [0.29, 0.717) is 0 Å². The van der Waals surface area contributed by atoms with Crippen molar-refractivity contribution in [1.29, 1.82) is 0 Å². The third-order valence-electron chi connectivity index (χ3n) is 7.83. The molecule has 3 aliphatic heterocycles. The molecule has 5 rings (SSSR count). The molecule has 256 valence electrons. The highest BCUT2D eigenvalue weighted by atomic mass is 16.7. The van der Waals surface area contributed by atoms with E-state index in [1.54, 1.807) is 0 Å². The van der Waals surface area contributed by atoms with E-state index in [1.165, 1.54) is 12.1 Å². The van der Waals surface area contributed by atoms with Crippen LogP contribution in [0.3, 0.4) is 0 Å². The molecule has 19 nitrogen and oxygen atoms in total. The van der Waals surface area contributed by atoms with Gasteiger partial charge in [0.2, 0.25) is 23.7 Å². The number of aliphatic carboxylic acids is 2. The maximum Gasteiger partial charge on any atom is 0.352 e. The number of phenolic OH excluding ortho intramolecular Hbond substituents is 4. The zero-order chi connectivity index (χ0) is 35.2. The van der Waals surface area contributed by atoms with Crippen molar-refractivity contribution in [2.45, 2.75) is 54.7 Å². The number of carbonyl (C=O) groups is 5. The molecule has 19 heteroatoms. The minimum Gasteiger partial charge on any atom is -0.504 e. The first-order valence-corrected chi connectivity index (χ1v) is 13.8. The van der Waals surface area contributed by atoms with Crippen LogP contribution in [0.1, 0.15) is 33.8 Å². The number of aliphatic hydroxyl groups is 3. The van der Waals surface area contributed by atoms with Gasteiger partial charge in [0.25, 0.3) is 0 Å². The van der Waals surface area contributed by atoms with Crippen LogP contribution < -0.4 is 4.74 Å². The van der Waals surface area contributed by atoms with Gasteiger partial charge in [0.1, 0.15) is 36.6 Å². The van der Waals surface area contributed by atoms with Crippen molar-refractivity contribution in [1.82, 2.24) is 0 Å². The Labute approximate surface area is 267 Å². The Kier molecular flexibility index (Phi) is 8.80. The number of hydrogen-bond acceptors (Lipinski definition) is 17. The molecule has 0 aromatic heterocycles. The highest BCUT2D eigenvalue weighted by Crippen LogP contribution is 2.58. The van der Waals surface area contributed by atoms with Gasteiger partial charge < -0.3 is 69.6 Å². The Morgan fingerprint density at radius 2 is 1.62 bits per heavy atom. The summed E-state index contributed by atoms with van der Waals surface area (Å²) in [5.41, 5.74) is -3.41. The predicted molar refractivity (Wildman–Crippen MR) is 148 cm³/mol. The number of aromatic hydroxyl groups is 4. The normalized spacial score (nSPS) is 29.0. The fourth-order valence-corrected chi connectivity index (χ4v) is 5.50. The van der Waals surface area contributed by atoms with Crippen molar-refractivity contribution in [2.24, 2.45) is 0 Å². The zero-order valence-corrected chi connectivity index (χ0v) is 24.0. The van der Waals surface area contributed by atoms with Gasteiger partial charge in [-0.25, -0.2) is 19.2 Å². The van der Waals surface area contributed by atoms with E-state index in [0.717, 1.165) is 24.3 Å². The Hall–Kier alpha value is -5.63. The molecule has 2 fully saturated rings. The first kappa shape index (κ1) is 33.7. The van der Waals surface area contributed by atoms with Gasteiger partial charge in [0.15, 0.2) is 23.0 Å². The summed E-state index contributed by atoms with van der Waals surface area (Å²) >= 11 is 0. The number of cyclic esters (lactones) is 1. The van der Waals surface area contributed by atoms with E-state index < -0.39 is 126 Å². The molecule has 0 saturated carbocycles. The Balaban J connectivity index is 1.32. The molecular formula is C29H26O19. The Morgan fingerprint density at radius 1 is 0.917 bits per heavy atom. The summed E-state index contributed by atoms with van der Waals surface area (Å²) < 4.78 is 25.6. The molecular weight excluding hydrogens is 652 g/mol. The molecule has 0 spiro atoms. The summed E-state index contributed by atoms with van der Waals surface area (Å²) in [6.45, 7) is -0.931. The standard InChI is InChI=1S/C29H26O19/c30-12-3-1-9(5-13(12)31)2-4-16(34)46-27-22(39)20(37)19(36)14(45-27)8-44-26(42)11-6-10-17-24(25(40)41)47-28(43)29(17,7-15(32)33)48-23(10)21(38)18(11)35/h1-6,14,17,19-20,22,24,27,30-31,35-39H,7-8H2,(H,32,33)(H,40,41). The maximum absolute atomic E-state index is 13.0. The molecule has 0 aliphatic carbocycles. The first-order valence-electron chi connectivity index (χ1n) is 13.8. The van der Waals surface area contributed by atoms with Gasteiger partial charge in [-0.05, 0) is 29.8 Å². The highest BCUT2D eigenvalue weighted by molar-refractivity contribution is 5.98. The van der Waals surface area contributed by atoms with Crippen LogP contribution in [0, 0.1) is 0 Å². The fraction of sp³-hybridized carbons (Fsp3) is 0.345. The number of fused-ring (bicyclic) bond motifs is 3. The molecule has 3 heterocycles. The van der Waals surface area contributed by atoms with Gasteiger partial charge in [-0.15, -0.1) is 0 Å². The minimum absolute atomic E-state index is 0.262. The van der Waals surface area contributed by atoms with Crippen LogP contribution in [0.4, 0.5) is 0 Å². The van der Waals surface area contributed by atoms with E-state index in [1.807, 2.05) is 0 Å². The van der Waals surface area contributed by atoms with Crippen LogP contribution in [0.5, 0.6) is 28.7 Å². The number of phenols is 4. The SMILES string of the molecule is O=C(O)CC12Oc3c(cc(C(=O)OCC4OC(OC(=O)C=Cc5ccc(O)c(O)c5)C(O)C(O)C4O)c(O)c3O)C1C(C(=O)O)OC2=O. The summed E-state index contributed by atoms with van der Waals surface area (Å²) in [7, 11) is 0. The molecule has 2 aromatic rings. The summed E-state index contributed by atoms with van der Waals surface area (Å²) in [4.78, 5) is 61.5. The number of ether oxygens (including phenoxy) is 5. The second-order valence-electron chi connectivity index (χ2n) is 10.9. The highest BCUT2D eigenvalue weighted by Gasteiger charge is 2.68. The second-order valence-corrected chi connectivity index (χ2v) is 10.9. The number of esters is 3. The van der Waals surface area contributed by atoms with Crippen LogP contribution in [0.15, 0.2) is 30.3 Å². The molecule has 0 bridgehead atoms. The monoisotopic (exact) mass is 678 g/mol. The second kappa shape index (κ2) is 12.5. The van der Waals surface area contributed by atoms with E-state index >= 15 is 0 Å². The van der Waals surface area contributed by atoms with Gasteiger partial charge in [-0.2, -0.15) is 0 Å². The zero-order valence-electron chi connectivity index (χ0n) is 24.0. The molecule has 2 aromatic carbocycles. The number of benzene rings is 2. The van der Waals surface area contributed by atoms with Crippen molar-refractivity contribution in [3.8, 4) is 28.7 Å². The van der Waals surface area contributed by atoms with Crippen molar-refractivity contribution >= 4 is 35.9 Å². The number of carbonyl (C=O) groups excluding carboxylic acids is 3. The van der Waals surface area contributed by atoms with Gasteiger partial charge in [0.05, 0.1) is 12.3 Å². The van der Waals surface area contributed by atoms with Crippen LogP contribution >= 0.6 is 0 Å².